The maximum Gasteiger partial charge on any atom is 0.159 e. The molecule has 3 aromatic carbocycles. The molecule has 0 atom stereocenters. The van der Waals surface area contributed by atoms with Gasteiger partial charge in [-0.05, 0) is 41.7 Å². The molecule has 2 nitrogen and oxygen atoms in total. The highest BCUT2D eigenvalue weighted by Gasteiger charge is 2.18. The molecule has 0 saturated carbocycles. The largest absolute Gasteiger partial charge is 0.454 e. The normalized spacial score (nSPS) is 12.0. The number of aryl methyl sites for hydroxylation is 1. The quantitative estimate of drug-likeness (QED) is 0.228. The third-order valence-electron chi connectivity index (χ3n) is 4.87. The van der Waals surface area contributed by atoms with Crippen molar-refractivity contribution in [1.82, 2.24) is 0 Å². The summed E-state index contributed by atoms with van der Waals surface area (Å²) >= 11 is 2.36. The minimum atomic E-state index is 0.158. The first-order valence-electron chi connectivity index (χ1n) is 8.83. The Balaban J connectivity index is 1.83. The molecule has 26 heavy (non-hydrogen) atoms. The van der Waals surface area contributed by atoms with E-state index >= 15 is 0 Å². The van der Waals surface area contributed by atoms with Crippen LogP contribution in [0.1, 0.15) is 31.9 Å². The van der Waals surface area contributed by atoms with Gasteiger partial charge in [-0.15, -0.1) is 0 Å². The van der Waals surface area contributed by atoms with E-state index in [1.54, 1.807) is 0 Å². The van der Waals surface area contributed by atoms with Crippen LogP contribution in [-0.2, 0) is 5.41 Å². The second-order valence-corrected chi connectivity index (χ2v) is 8.75. The Morgan fingerprint density at radius 3 is 2.08 bits per heavy atom. The summed E-state index contributed by atoms with van der Waals surface area (Å²) in [6.07, 6.45) is 0. The second kappa shape index (κ2) is 6.31. The number of hydrogen-bond acceptors (Lipinski definition) is 2. The summed E-state index contributed by atoms with van der Waals surface area (Å²) in [7, 11) is 0. The molecule has 0 fully saturated rings. The van der Waals surface area contributed by atoms with Crippen molar-refractivity contribution in [2.75, 3.05) is 3.11 Å². The van der Waals surface area contributed by atoms with Gasteiger partial charge in [-0.25, -0.2) is 0 Å². The average molecular weight is 455 g/mol. The van der Waals surface area contributed by atoms with E-state index in [4.69, 9.17) is 4.42 Å². The molecule has 0 unspecified atom stereocenters. The van der Waals surface area contributed by atoms with Crippen LogP contribution in [0.4, 0.5) is 11.4 Å². The summed E-state index contributed by atoms with van der Waals surface area (Å²) in [6, 6.07) is 21.5. The van der Waals surface area contributed by atoms with E-state index in [-0.39, 0.29) is 5.41 Å². The predicted octanol–water partition coefficient (Wildman–Crippen LogP) is 7.68. The van der Waals surface area contributed by atoms with E-state index in [0.29, 0.717) is 0 Å². The molecule has 4 rings (SSSR count). The third-order valence-corrected chi connectivity index (χ3v) is 5.95. The Hall–Kier alpha value is -2.01. The van der Waals surface area contributed by atoms with Gasteiger partial charge in [0, 0.05) is 10.8 Å². The van der Waals surface area contributed by atoms with Crippen LogP contribution < -0.4 is 3.11 Å². The Kier molecular flexibility index (Phi) is 4.22. The van der Waals surface area contributed by atoms with Gasteiger partial charge in [-0.3, -0.25) is 3.11 Å². The number of halogens is 1. The smallest absolute Gasteiger partial charge is 0.159 e. The SMILES string of the molecule is Cc1cccc2c1oc1c(N(I)c3ccc(C(C)(C)C)cc3)cccc12. The van der Waals surface area contributed by atoms with Gasteiger partial charge in [0.1, 0.15) is 5.58 Å². The molecule has 0 N–H and O–H groups in total. The number of fused-ring (bicyclic) bond motifs is 3. The molecule has 4 aromatic rings. The highest BCUT2D eigenvalue weighted by Crippen LogP contribution is 2.40. The molecule has 1 aromatic heterocycles. The molecular weight excluding hydrogens is 433 g/mol. The molecule has 0 saturated heterocycles. The number of para-hydroxylation sites is 2. The zero-order valence-corrected chi connectivity index (χ0v) is 17.7. The van der Waals surface area contributed by atoms with Gasteiger partial charge in [0.15, 0.2) is 5.58 Å². The minimum Gasteiger partial charge on any atom is -0.454 e. The topological polar surface area (TPSA) is 16.4 Å². The maximum absolute atomic E-state index is 6.29. The summed E-state index contributed by atoms with van der Waals surface area (Å²) in [5.74, 6) is 0. The van der Waals surface area contributed by atoms with Gasteiger partial charge in [0.05, 0.1) is 34.2 Å². The van der Waals surface area contributed by atoms with Gasteiger partial charge < -0.3 is 4.42 Å². The number of rotatable bonds is 2. The first kappa shape index (κ1) is 17.4. The molecule has 0 aliphatic carbocycles. The van der Waals surface area contributed by atoms with Crippen LogP contribution in [0.25, 0.3) is 21.9 Å². The molecule has 0 radical (unpaired) electrons. The Morgan fingerprint density at radius 2 is 1.42 bits per heavy atom. The second-order valence-electron chi connectivity index (χ2n) is 7.79. The molecule has 0 spiro atoms. The van der Waals surface area contributed by atoms with Crippen LogP contribution in [0.5, 0.6) is 0 Å². The summed E-state index contributed by atoms with van der Waals surface area (Å²) in [5.41, 5.74) is 6.78. The van der Waals surface area contributed by atoms with Crippen molar-refractivity contribution in [3.63, 3.8) is 0 Å². The van der Waals surface area contributed by atoms with Crippen LogP contribution in [-0.4, -0.2) is 0 Å². The maximum atomic E-state index is 6.29. The van der Waals surface area contributed by atoms with Crippen molar-refractivity contribution < 1.29 is 4.42 Å². The summed E-state index contributed by atoms with van der Waals surface area (Å²) in [4.78, 5) is 0. The molecule has 0 bridgehead atoms. The lowest BCUT2D eigenvalue weighted by atomic mass is 9.87. The van der Waals surface area contributed by atoms with Crippen LogP contribution in [0.15, 0.2) is 65.1 Å². The molecule has 1 heterocycles. The first-order valence-corrected chi connectivity index (χ1v) is 9.80. The molecule has 0 amide bonds. The lowest BCUT2D eigenvalue weighted by Crippen LogP contribution is -2.11. The summed E-state index contributed by atoms with van der Waals surface area (Å²) in [6.45, 7) is 8.81. The van der Waals surface area contributed by atoms with Crippen molar-refractivity contribution in [3.8, 4) is 0 Å². The molecule has 0 aliphatic rings. The highest BCUT2D eigenvalue weighted by molar-refractivity contribution is 14.1. The van der Waals surface area contributed by atoms with Crippen molar-refractivity contribution in [1.29, 1.82) is 0 Å². The lowest BCUT2D eigenvalue weighted by Gasteiger charge is -2.21. The van der Waals surface area contributed by atoms with E-state index in [1.807, 2.05) is 0 Å². The molecular formula is C23H22INO. The summed E-state index contributed by atoms with van der Waals surface area (Å²) < 4.78 is 8.46. The zero-order valence-electron chi connectivity index (χ0n) is 15.5. The van der Waals surface area contributed by atoms with Gasteiger partial charge in [0.2, 0.25) is 0 Å². The van der Waals surface area contributed by atoms with E-state index in [2.05, 4.69) is 114 Å². The first-order chi connectivity index (χ1) is 12.4. The highest BCUT2D eigenvalue weighted by atomic mass is 127. The number of anilines is 2. The van der Waals surface area contributed by atoms with Crippen LogP contribution >= 0.6 is 22.9 Å². The van der Waals surface area contributed by atoms with E-state index in [9.17, 15) is 0 Å². The number of furan rings is 1. The number of hydrogen-bond donors (Lipinski definition) is 0. The fourth-order valence-electron chi connectivity index (χ4n) is 3.33. The van der Waals surface area contributed by atoms with Crippen molar-refractivity contribution in [3.05, 3.63) is 71.8 Å². The van der Waals surface area contributed by atoms with Gasteiger partial charge in [0.25, 0.3) is 0 Å². The number of nitrogens with zero attached hydrogens (tertiary/aromatic N) is 1. The fourth-order valence-corrected chi connectivity index (χ4v) is 4.03. The number of benzene rings is 3. The average Bonchev–Trinajstić information content (AvgIpc) is 3.01. The van der Waals surface area contributed by atoms with Crippen molar-refractivity contribution in [2.45, 2.75) is 33.1 Å². The lowest BCUT2D eigenvalue weighted by molar-refractivity contribution is 0.590. The fraction of sp³-hybridized carbons (Fsp3) is 0.217. The predicted molar refractivity (Wildman–Crippen MR) is 120 cm³/mol. The van der Waals surface area contributed by atoms with Gasteiger partial charge in [-0.1, -0.05) is 63.2 Å². The third kappa shape index (κ3) is 2.88. The van der Waals surface area contributed by atoms with Crippen LogP contribution in [0.2, 0.25) is 0 Å². The summed E-state index contributed by atoms with van der Waals surface area (Å²) in [5, 5.41) is 2.34. The Labute approximate surface area is 168 Å². The molecule has 3 heteroatoms. The molecule has 132 valence electrons. The standard InChI is InChI=1S/C23H22INO/c1-15-7-5-8-18-19-9-6-10-20(22(19)26-21(15)18)25(24)17-13-11-16(12-14-17)23(2,3)4/h5-14H,1-4H3. The molecule has 0 aliphatic heterocycles. The van der Waals surface area contributed by atoms with Gasteiger partial charge in [-0.2, -0.15) is 0 Å². The zero-order chi connectivity index (χ0) is 18.5. The van der Waals surface area contributed by atoms with Crippen LogP contribution in [0.3, 0.4) is 0 Å². The van der Waals surface area contributed by atoms with E-state index in [0.717, 1.165) is 27.9 Å². The van der Waals surface area contributed by atoms with Crippen molar-refractivity contribution >= 4 is 56.2 Å². The van der Waals surface area contributed by atoms with Crippen LogP contribution in [0, 0.1) is 6.92 Å². The van der Waals surface area contributed by atoms with Crippen molar-refractivity contribution in [2.24, 2.45) is 0 Å². The van der Waals surface area contributed by atoms with E-state index < -0.39 is 0 Å². The Morgan fingerprint density at radius 1 is 0.808 bits per heavy atom. The minimum absolute atomic E-state index is 0.158. The van der Waals surface area contributed by atoms with E-state index in [1.165, 1.54) is 16.5 Å². The monoisotopic (exact) mass is 455 g/mol. The Bertz CT molecular complexity index is 1090. The van der Waals surface area contributed by atoms with Gasteiger partial charge >= 0.3 is 0 Å².